The SMILES string of the molecule is CCC(O)C(Cl)=C(Cl)CC(C)=O. The predicted octanol–water partition coefficient (Wildman–Crippen LogP) is 2.43. The lowest BCUT2D eigenvalue weighted by Crippen LogP contribution is -2.06. The molecule has 0 aromatic rings. The number of aliphatic hydroxyl groups excluding tert-OH is 1. The lowest BCUT2D eigenvalue weighted by molar-refractivity contribution is -0.116. The molecule has 4 heteroatoms. The molecule has 0 rings (SSSR count). The number of ketones is 1. The van der Waals surface area contributed by atoms with E-state index in [4.69, 9.17) is 23.2 Å². The smallest absolute Gasteiger partial charge is 0.135 e. The predicted molar refractivity (Wildman–Crippen MR) is 50.3 cm³/mol. The van der Waals surface area contributed by atoms with E-state index in [1.165, 1.54) is 6.92 Å². The van der Waals surface area contributed by atoms with Crippen LogP contribution >= 0.6 is 23.2 Å². The summed E-state index contributed by atoms with van der Waals surface area (Å²) in [6.45, 7) is 3.20. The van der Waals surface area contributed by atoms with E-state index in [1.807, 2.05) is 0 Å². The van der Waals surface area contributed by atoms with Crippen LogP contribution in [0.5, 0.6) is 0 Å². The van der Waals surface area contributed by atoms with E-state index in [2.05, 4.69) is 0 Å². The molecular weight excluding hydrogens is 199 g/mol. The molecule has 2 nitrogen and oxygen atoms in total. The van der Waals surface area contributed by atoms with E-state index >= 15 is 0 Å². The fraction of sp³-hybridized carbons (Fsp3) is 0.625. The molecule has 0 amide bonds. The van der Waals surface area contributed by atoms with Gasteiger partial charge in [0.05, 0.1) is 11.1 Å². The Morgan fingerprint density at radius 3 is 2.33 bits per heavy atom. The van der Waals surface area contributed by atoms with Gasteiger partial charge in [0.2, 0.25) is 0 Å². The van der Waals surface area contributed by atoms with Crippen LogP contribution in [-0.2, 0) is 4.79 Å². The zero-order chi connectivity index (χ0) is 9.72. The van der Waals surface area contributed by atoms with Crippen LogP contribution < -0.4 is 0 Å². The van der Waals surface area contributed by atoms with E-state index in [9.17, 15) is 9.90 Å². The molecular formula is C8H12Cl2O2. The molecule has 0 heterocycles. The number of halogens is 2. The molecule has 0 bridgehead atoms. The van der Waals surface area contributed by atoms with Gasteiger partial charge in [-0.1, -0.05) is 30.1 Å². The molecule has 0 aromatic carbocycles. The van der Waals surface area contributed by atoms with Crippen molar-refractivity contribution in [2.24, 2.45) is 0 Å². The number of hydrogen-bond donors (Lipinski definition) is 1. The van der Waals surface area contributed by atoms with Gasteiger partial charge in [0, 0.05) is 11.5 Å². The largest absolute Gasteiger partial charge is 0.387 e. The van der Waals surface area contributed by atoms with Crippen molar-refractivity contribution in [1.82, 2.24) is 0 Å². The summed E-state index contributed by atoms with van der Waals surface area (Å²) in [6, 6.07) is 0. The third kappa shape index (κ3) is 4.10. The highest BCUT2D eigenvalue weighted by Crippen LogP contribution is 2.22. The van der Waals surface area contributed by atoms with Crippen molar-refractivity contribution >= 4 is 29.0 Å². The van der Waals surface area contributed by atoms with Crippen molar-refractivity contribution in [2.75, 3.05) is 0 Å². The maximum Gasteiger partial charge on any atom is 0.135 e. The van der Waals surface area contributed by atoms with Crippen molar-refractivity contribution in [3.05, 3.63) is 10.1 Å². The number of hydrogen-bond acceptors (Lipinski definition) is 2. The van der Waals surface area contributed by atoms with Gasteiger partial charge in [0.25, 0.3) is 0 Å². The molecule has 0 saturated carbocycles. The lowest BCUT2D eigenvalue weighted by atomic mass is 10.2. The van der Waals surface area contributed by atoms with Crippen LogP contribution in [0.1, 0.15) is 26.7 Å². The van der Waals surface area contributed by atoms with Gasteiger partial charge in [-0.2, -0.15) is 0 Å². The number of allylic oxidation sites excluding steroid dienone is 1. The Morgan fingerprint density at radius 1 is 1.50 bits per heavy atom. The van der Waals surface area contributed by atoms with Crippen molar-refractivity contribution in [2.45, 2.75) is 32.8 Å². The number of carbonyl (C=O) groups excluding carboxylic acids is 1. The van der Waals surface area contributed by atoms with E-state index in [-0.39, 0.29) is 22.3 Å². The second-order valence-corrected chi connectivity index (χ2v) is 3.42. The van der Waals surface area contributed by atoms with Crippen molar-refractivity contribution in [3.63, 3.8) is 0 Å². The molecule has 0 aliphatic rings. The average Bonchev–Trinajstić information content (AvgIpc) is 2.00. The minimum atomic E-state index is -0.751. The first kappa shape index (κ1) is 11.9. The summed E-state index contributed by atoms with van der Waals surface area (Å²) in [6.07, 6.45) is -0.164. The summed E-state index contributed by atoms with van der Waals surface area (Å²) in [4.78, 5) is 10.6. The molecule has 1 atom stereocenters. The van der Waals surface area contributed by atoms with Crippen molar-refractivity contribution in [1.29, 1.82) is 0 Å². The average molecular weight is 211 g/mol. The van der Waals surface area contributed by atoms with Crippen LogP contribution in [-0.4, -0.2) is 17.0 Å². The molecule has 0 aromatic heterocycles. The molecule has 0 aliphatic heterocycles. The topological polar surface area (TPSA) is 37.3 Å². The fourth-order valence-electron chi connectivity index (χ4n) is 0.663. The summed E-state index contributed by atoms with van der Waals surface area (Å²) < 4.78 is 0. The highest BCUT2D eigenvalue weighted by molar-refractivity contribution is 6.40. The maximum atomic E-state index is 10.6. The van der Waals surface area contributed by atoms with Gasteiger partial charge in [-0.05, 0) is 13.3 Å². The number of Topliss-reactive ketones (excluding diaryl/α,β-unsaturated/α-hetero) is 1. The molecule has 1 unspecified atom stereocenters. The molecule has 0 radical (unpaired) electrons. The van der Waals surface area contributed by atoms with E-state index in [0.29, 0.717) is 6.42 Å². The Labute approximate surface area is 82.2 Å². The van der Waals surface area contributed by atoms with Crippen LogP contribution in [0.3, 0.4) is 0 Å². The van der Waals surface area contributed by atoms with Gasteiger partial charge in [-0.3, -0.25) is 4.79 Å². The first-order valence-corrected chi connectivity index (χ1v) is 4.46. The zero-order valence-electron chi connectivity index (χ0n) is 7.10. The maximum absolute atomic E-state index is 10.6. The second-order valence-electron chi connectivity index (χ2n) is 2.56. The molecule has 0 saturated heterocycles. The Hall–Kier alpha value is -0.0500. The molecule has 70 valence electrons. The molecule has 0 spiro atoms. The van der Waals surface area contributed by atoms with Gasteiger partial charge in [-0.25, -0.2) is 0 Å². The lowest BCUT2D eigenvalue weighted by Gasteiger charge is -2.07. The first-order chi connectivity index (χ1) is 5.49. The minimum absolute atomic E-state index is 0.0681. The zero-order valence-corrected chi connectivity index (χ0v) is 8.61. The monoisotopic (exact) mass is 210 g/mol. The summed E-state index contributed by atoms with van der Waals surface area (Å²) >= 11 is 11.3. The first-order valence-electron chi connectivity index (χ1n) is 3.70. The molecule has 0 fully saturated rings. The van der Waals surface area contributed by atoms with E-state index in [0.717, 1.165) is 0 Å². The Balaban J connectivity index is 4.34. The summed E-state index contributed by atoms with van der Waals surface area (Å²) in [5.41, 5.74) is 0. The number of aliphatic hydroxyl groups is 1. The van der Waals surface area contributed by atoms with Crippen LogP contribution in [0.15, 0.2) is 10.1 Å². The van der Waals surface area contributed by atoms with Crippen molar-refractivity contribution in [3.8, 4) is 0 Å². The normalized spacial score (nSPS) is 15.4. The van der Waals surface area contributed by atoms with Gasteiger partial charge in [0.15, 0.2) is 0 Å². The number of rotatable bonds is 4. The molecule has 0 aliphatic carbocycles. The van der Waals surface area contributed by atoms with E-state index in [1.54, 1.807) is 6.92 Å². The minimum Gasteiger partial charge on any atom is -0.387 e. The van der Waals surface area contributed by atoms with Gasteiger partial charge in [0.1, 0.15) is 5.78 Å². The number of carbonyl (C=O) groups is 1. The third-order valence-corrected chi connectivity index (χ3v) is 2.26. The molecule has 1 N–H and O–H groups in total. The van der Waals surface area contributed by atoms with Gasteiger partial charge in [-0.15, -0.1) is 0 Å². The Bertz CT molecular complexity index is 199. The van der Waals surface area contributed by atoms with Gasteiger partial charge < -0.3 is 5.11 Å². The van der Waals surface area contributed by atoms with Gasteiger partial charge >= 0.3 is 0 Å². The fourth-order valence-corrected chi connectivity index (χ4v) is 1.20. The van der Waals surface area contributed by atoms with Crippen molar-refractivity contribution < 1.29 is 9.90 Å². The standard InChI is InChI=1S/C8H12Cl2O2/c1-3-7(12)8(10)6(9)4-5(2)11/h7,12H,3-4H2,1-2H3. The quantitative estimate of drug-likeness (QED) is 0.775. The van der Waals surface area contributed by atoms with Crippen LogP contribution in [0, 0.1) is 0 Å². The highest BCUT2D eigenvalue weighted by atomic mass is 35.5. The van der Waals surface area contributed by atoms with E-state index < -0.39 is 6.10 Å². The summed E-state index contributed by atoms with van der Waals surface area (Å²) in [5.74, 6) is -0.0681. The van der Waals surface area contributed by atoms with Crippen LogP contribution in [0.2, 0.25) is 0 Å². The Morgan fingerprint density at radius 2 is 2.00 bits per heavy atom. The van der Waals surface area contributed by atoms with Crippen LogP contribution in [0.25, 0.3) is 0 Å². The second kappa shape index (κ2) is 5.57. The summed E-state index contributed by atoms with van der Waals surface area (Å²) in [7, 11) is 0. The highest BCUT2D eigenvalue weighted by Gasteiger charge is 2.11. The Kier molecular flexibility index (Phi) is 5.55. The molecule has 12 heavy (non-hydrogen) atoms. The summed E-state index contributed by atoms with van der Waals surface area (Å²) in [5, 5.41) is 9.63. The van der Waals surface area contributed by atoms with Crippen LogP contribution in [0.4, 0.5) is 0 Å². The third-order valence-electron chi connectivity index (χ3n) is 1.34.